The minimum Gasteiger partial charge on any atom is -0.346 e. The number of halogens is 1. The lowest BCUT2D eigenvalue weighted by molar-refractivity contribution is 0.0886. The Morgan fingerprint density at radius 2 is 1.95 bits per heavy atom. The average molecular weight is 324 g/mol. The number of carbonyl (C=O) groups is 1. The second-order valence-corrected chi connectivity index (χ2v) is 6.31. The van der Waals surface area contributed by atoms with Crippen LogP contribution in [-0.4, -0.2) is 16.8 Å². The first-order valence-corrected chi connectivity index (χ1v) is 8.14. The Balaban J connectivity index is 2.17. The number of hydrogen-bond donors (Lipinski definition) is 1. The number of carbonyl (C=O) groups excluding carboxylic acids is 1. The van der Waals surface area contributed by atoms with Crippen LogP contribution in [0.3, 0.4) is 0 Å². The molecule has 0 unspecified atom stereocenters. The lowest BCUT2D eigenvalue weighted by Crippen LogP contribution is -2.51. The van der Waals surface area contributed by atoms with Crippen LogP contribution in [0, 0.1) is 13.8 Å². The molecule has 1 aromatic carbocycles. The van der Waals surface area contributed by atoms with Gasteiger partial charge in [0.1, 0.15) is 0 Å². The third kappa shape index (κ3) is 3.38. The smallest absolute Gasteiger partial charge is 0.252 e. The van der Waals surface area contributed by atoms with Crippen molar-refractivity contribution in [1.29, 1.82) is 0 Å². The Labute approximate surface area is 124 Å². The molecule has 1 aromatic rings. The Hall–Kier alpha value is -0.830. The van der Waals surface area contributed by atoms with Crippen molar-refractivity contribution < 1.29 is 4.79 Å². The predicted octanol–water partition coefficient (Wildman–Crippen LogP) is 4.13. The van der Waals surface area contributed by atoms with Gasteiger partial charge in [-0.25, -0.2) is 0 Å². The number of aryl methyl sites for hydroxylation is 2. The molecule has 104 valence electrons. The van der Waals surface area contributed by atoms with Crippen LogP contribution in [0.5, 0.6) is 0 Å². The average Bonchev–Trinajstić information content (AvgIpc) is 2.42. The normalized spacial score (nSPS) is 18.1. The van der Waals surface area contributed by atoms with E-state index in [9.17, 15) is 4.79 Å². The van der Waals surface area contributed by atoms with Crippen molar-refractivity contribution >= 4 is 21.8 Å². The highest BCUT2D eigenvalue weighted by atomic mass is 79.9. The van der Waals surface area contributed by atoms with Gasteiger partial charge in [0.2, 0.25) is 0 Å². The van der Waals surface area contributed by atoms with E-state index < -0.39 is 0 Å². The van der Waals surface area contributed by atoms with Gasteiger partial charge in [0.15, 0.2) is 0 Å². The summed E-state index contributed by atoms with van der Waals surface area (Å²) < 4.78 is 0. The first kappa shape index (κ1) is 14.6. The number of amides is 1. The van der Waals surface area contributed by atoms with E-state index in [2.05, 4.69) is 21.2 Å². The van der Waals surface area contributed by atoms with E-state index in [1.165, 1.54) is 19.3 Å². The maximum Gasteiger partial charge on any atom is 0.252 e. The maximum atomic E-state index is 12.5. The summed E-state index contributed by atoms with van der Waals surface area (Å²) >= 11 is 3.59. The molecule has 1 N–H and O–H groups in total. The monoisotopic (exact) mass is 323 g/mol. The Kier molecular flexibility index (Phi) is 4.67. The number of rotatable bonds is 3. The Morgan fingerprint density at radius 1 is 1.26 bits per heavy atom. The first-order chi connectivity index (χ1) is 9.06. The molecule has 0 radical (unpaired) electrons. The number of benzene rings is 1. The van der Waals surface area contributed by atoms with Crippen molar-refractivity contribution in [2.45, 2.75) is 51.5 Å². The van der Waals surface area contributed by atoms with Crippen LogP contribution in [0.15, 0.2) is 18.2 Å². The standard InChI is InChI=1S/C16H22BrNO/c1-12-6-7-13(2)14(10-12)15(19)18-16(11-17)8-4-3-5-9-16/h6-7,10H,3-5,8-9,11H2,1-2H3,(H,18,19). The Bertz CT molecular complexity index is 464. The summed E-state index contributed by atoms with van der Waals surface area (Å²) in [5.74, 6) is 0.0718. The molecule has 2 rings (SSSR count). The highest BCUT2D eigenvalue weighted by molar-refractivity contribution is 9.09. The molecule has 0 heterocycles. The van der Waals surface area contributed by atoms with Gasteiger partial charge < -0.3 is 5.32 Å². The molecule has 1 amide bonds. The van der Waals surface area contributed by atoms with Crippen LogP contribution in [0.1, 0.15) is 53.6 Å². The molecular weight excluding hydrogens is 302 g/mol. The molecule has 0 spiro atoms. The van der Waals surface area contributed by atoms with Gasteiger partial charge >= 0.3 is 0 Å². The van der Waals surface area contributed by atoms with Crippen LogP contribution in [0.25, 0.3) is 0 Å². The zero-order valence-electron chi connectivity index (χ0n) is 11.8. The van der Waals surface area contributed by atoms with Gasteiger partial charge in [-0.3, -0.25) is 4.79 Å². The molecule has 1 saturated carbocycles. The number of alkyl halides is 1. The van der Waals surface area contributed by atoms with Crippen molar-refractivity contribution in [2.75, 3.05) is 5.33 Å². The van der Waals surface area contributed by atoms with Crippen molar-refractivity contribution in [1.82, 2.24) is 5.32 Å². The number of hydrogen-bond acceptors (Lipinski definition) is 1. The fraction of sp³-hybridized carbons (Fsp3) is 0.562. The Morgan fingerprint density at radius 3 is 2.58 bits per heavy atom. The van der Waals surface area contributed by atoms with Crippen molar-refractivity contribution in [3.63, 3.8) is 0 Å². The van der Waals surface area contributed by atoms with E-state index >= 15 is 0 Å². The molecule has 19 heavy (non-hydrogen) atoms. The van der Waals surface area contributed by atoms with E-state index in [0.29, 0.717) is 0 Å². The van der Waals surface area contributed by atoms with Gasteiger partial charge in [0, 0.05) is 10.9 Å². The lowest BCUT2D eigenvalue weighted by atomic mass is 9.83. The molecule has 0 atom stereocenters. The molecule has 3 heteroatoms. The van der Waals surface area contributed by atoms with Gasteiger partial charge in [-0.15, -0.1) is 0 Å². The zero-order chi connectivity index (χ0) is 13.9. The largest absolute Gasteiger partial charge is 0.346 e. The maximum absolute atomic E-state index is 12.5. The molecule has 1 aliphatic rings. The number of nitrogens with one attached hydrogen (secondary N) is 1. The topological polar surface area (TPSA) is 29.1 Å². The lowest BCUT2D eigenvalue weighted by Gasteiger charge is -2.36. The molecule has 0 bridgehead atoms. The quantitative estimate of drug-likeness (QED) is 0.832. The van der Waals surface area contributed by atoms with E-state index in [1.807, 2.05) is 32.0 Å². The minimum atomic E-state index is -0.0501. The second kappa shape index (κ2) is 6.08. The van der Waals surface area contributed by atoms with E-state index in [-0.39, 0.29) is 11.4 Å². The second-order valence-electron chi connectivity index (χ2n) is 5.75. The summed E-state index contributed by atoms with van der Waals surface area (Å²) in [6.07, 6.45) is 5.86. The summed E-state index contributed by atoms with van der Waals surface area (Å²) in [7, 11) is 0. The molecule has 1 aliphatic carbocycles. The van der Waals surface area contributed by atoms with Crippen molar-refractivity contribution in [2.24, 2.45) is 0 Å². The van der Waals surface area contributed by atoms with Crippen LogP contribution in [0.2, 0.25) is 0 Å². The highest BCUT2D eigenvalue weighted by Gasteiger charge is 2.32. The first-order valence-electron chi connectivity index (χ1n) is 7.02. The SMILES string of the molecule is Cc1ccc(C)c(C(=O)NC2(CBr)CCCCC2)c1. The summed E-state index contributed by atoms with van der Waals surface area (Å²) in [6.45, 7) is 4.02. The molecule has 1 fully saturated rings. The molecule has 2 nitrogen and oxygen atoms in total. The van der Waals surface area contributed by atoms with Gasteiger partial charge in [-0.2, -0.15) is 0 Å². The fourth-order valence-electron chi connectivity index (χ4n) is 2.81. The molecule has 0 aromatic heterocycles. The van der Waals surface area contributed by atoms with Crippen LogP contribution in [-0.2, 0) is 0 Å². The fourth-order valence-corrected chi connectivity index (χ4v) is 3.51. The van der Waals surface area contributed by atoms with Crippen LogP contribution in [0.4, 0.5) is 0 Å². The van der Waals surface area contributed by atoms with Crippen molar-refractivity contribution in [3.8, 4) is 0 Å². The van der Waals surface area contributed by atoms with E-state index in [0.717, 1.165) is 34.9 Å². The minimum absolute atomic E-state index is 0.0501. The van der Waals surface area contributed by atoms with Gasteiger partial charge in [-0.05, 0) is 38.3 Å². The molecule has 0 saturated heterocycles. The molecular formula is C16H22BrNO. The summed E-state index contributed by atoms with van der Waals surface area (Å²) in [6, 6.07) is 6.05. The van der Waals surface area contributed by atoms with Gasteiger partial charge in [-0.1, -0.05) is 52.9 Å². The van der Waals surface area contributed by atoms with Gasteiger partial charge in [0.05, 0.1) is 5.54 Å². The summed E-state index contributed by atoms with van der Waals surface area (Å²) in [5, 5.41) is 4.12. The third-order valence-electron chi connectivity index (χ3n) is 4.08. The molecule has 0 aliphatic heterocycles. The van der Waals surface area contributed by atoms with E-state index in [4.69, 9.17) is 0 Å². The van der Waals surface area contributed by atoms with Crippen LogP contribution < -0.4 is 5.32 Å². The zero-order valence-corrected chi connectivity index (χ0v) is 13.3. The highest BCUT2D eigenvalue weighted by Crippen LogP contribution is 2.30. The summed E-state index contributed by atoms with van der Waals surface area (Å²) in [4.78, 5) is 12.5. The van der Waals surface area contributed by atoms with Gasteiger partial charge in [0.25, 0.3) is 5.91 Å². The predicted molar refractivity (Wildman–Crippen MR) is 83.0 cm³/mol. The van der Waals surface area contributed by atoms with Crippen molar-refractivity contribution in [3.05, 3.63) is 34.9 Å². The third-order valence-corrected chi connectivity index (χ3v) is 5.16. The van der Waals surface area contributed by atoms with E-state index in [1.54, 1.807) is 0 Å². The summed E-state index contributed by atoms with van der Waals surface area (Å²) in [5.41, 5.74) is 2.94. The van der Waals surface area contributed by atoms with Crippen LogP contribution >= 0.6 is 15.9 Å².